The lowest BCUT2D eigenvalue weighted by Gasteiger charge is -2.13. The van der Waals surface area contributed by atoms with Gasteiger partial charge in [0, 0.05) is 21.7 Å². The van der Waals surface area contributed by atoms with Crippen LogP contribution in [-0.4, -0.2) is 10.2 Å². The summed E-state index contributed by atoms with van der Waals surface area (Å²) in [4.78, 5) is 15.9. The third-order valence-corrected chi connectivity index (χ3v) is 3.78. The number of benzene rings is 2. The van der Waals surface area contributed by atoms with Crippen LogP contribution in [0.25, 0.3) is 10.9 Å². The maximum absolute atomic E-state index is 11.7. The van der Waals surface area contributed by atoms with E-state index in [0.717, 1.165) is 21.1 Å². The Kier molecular flexibility index (Phi) is 3.90. The molecule has 3 nitrogen and oxygen atoms in total. The quantitative estimate of drug-likeness (QED) is 0.658. The van der Waals surface area contributed by atoms with E-state index in [4.69, 9.17) is 11.6 Å². The van der Waals surface area contributed by atoms with E-state index in [1.54, 1.807) is 0 Å². The van der Waals surface area contributed by atoms with E-state index in [0.29, 0.717) is 11.3 Å². The average molecular weight is 362 g/mol. The molecule has 104 valence electrons. The SMILES string of the molecule is O=C(Cl)c1cnc2ccc(Br)cc2c1Nc1ccccc1. The monoisotopic (exact) mass is 360 g/mol. The lowest BCUT2D eigenvalue weighted by molar-refractivity contribution is 0.108. The van der Waals surface area contributed by atoms with Crippen LogP contribution in [0.1, 0.15) is 10.4 Å². The highest BCUT2D eigenvalue weighted by Crippen LogP contribution is 2.31. The first-order valence-corrected chi connectivity index (χ1v) is 7.42. The standard InChI is InChI=1S/C16H10BrClN2O/c17-10-6-7-14-12(8-10)15(13(9-19-14)16(18)21)20-11-4-2-1-3-5-11/h1-9H,(H,19,20). The van der Waals surface area contributed by atoms with Crippen LogP contribution < -0.4 is 5.32 Å². The first kappa shape index (κ1) is 14.0. The fourth-order valence-electron chi connectivity index (χ4n) is 2.11. The zero-order valence-corrected chi connectivity index (χ0v) is 13.1. The molecule has 3 aromatic rings. The topological polar surface area (TPSA) is 42.0 Å². The molecule has 0 atom stereocenters. The van der Waals surface area contributed by atoms with Crippen LogP contribution in [0.5, 0.6) is 0 Å². The molecule has 0 unspecified atom stereocenters. The Hall–Kier alpha value is -1.91. The summed E-state index contributed by atoms with van der Waals surface area (Å²) in [5.74, 6) is 0. The molecular weight excluding hydrogens is 352 g/mol. The zero-order chi connectivity index (χ0) is 14.8. The smallest absolute Gasteiger partial charge is 0.256 e. The van der Waals surface area contributed by atoms with Crippen molar-refractivity contribution in [1.82, 2.24) is 4.98 Å². The summed E-state index contributed by atoms with van der Waals surface area (Å²) in [6.07, 6.45) is 1.50. The Balaban J connectivity index is 2.23. The molecule has 0 fully saturated rings. The van der Waals surface area contributed by atoms with Gasteiger partial charge in [0.05, 0.1) is 16.8 Å². The van der Waals surface area contributed by atoms with Crippen LogP contribution in [0.3, 0.4) is 0 Å². The number of rotatable bonds is 3. The van der Waals surface area contributed by atoms with Crippen molar-refractivity contribution in [2.45, 2.75) is 0 Å². The van der Waals surface area contributed by atoms with Crippen LogP contribution in [0, 0.1) is 0 Å². The number of hydrogen-bond acceptors (Lipinski definition) is 3. The van der Waals surface area contributed by atoms with Gasteiger partial charge in [-0.05, 0) is 41.9 Å². The van der Waals surface area contributed by atoms with Gasteiger partial charge >= 0.3 is 0 Å². The molecule has 0 radical (unpaired) electrons. The number of hydrogen-bond donors (Lipinski definition) is 1. The molecule has 1 heterocycles. The number of carbonyl (C=O) groups is 1. The Morgan fingerprint density at radius 1 is 1.14 bits per heavy atom. The van der Waals surface area contributed by atoms with E-state index in [1.807, 2.05) is 48.5 Å². The number of nitrogens with zero attached hydrogens (tertiary/aromatic N) is 1. The van der Waals surface area contributed by atoms with E-state index >= 15 is 0 Å². The van der Waals surface area contributed by atoms with Crippen molar-refractivity contribution < 1.29 is 4.79 Å². The third-order valence-electron chi connectivity index (χ3n) is 3.08. The first-order chi connectivity index (χ1) is 10.1. The molecule has 0 aliphatic carbocycles. The van der Waals surface area contributed by atoms with Gasteiger partial charge in [-0.15, -0.1) is 0 Å². The summed E-state index contributed by atoms with van der Waals surface area (Å²) in [7, 11) is 0. The van der Waals surface area contributed by atoms with Gasteiger partial charge in [0.1, 0.15) is 0 Å². The highest BCUT2D eigenvalue weighted by molar-refractivity contribution is 9.10. The number of pyridine rings is 1. The van der Waals surface area contributed by atoms with Crippen LogP contribution in [0.4, 0.5) is 11.4 Å². The van der Waals surface area contributed by atoms with Crippen LogP contribution in [0.2, 0.25) is 0 Å². The van der Waals surface area contributed by atoms with Gasteiger partial charge in [0.2, 0.25) is 0 Å². The Morgan fingerprint density at radius 3 is 2.62 bits per heavy atom. The minimum absolute atomic E-state index is 0.353. The summed E-state index contributed by atoms with van der Waals surface area (Å²) < 4.78 is 0.909. The lowest BCUT2D eigenvalue weighted by Crippen LogP contribution is -2.01. The number of para-hydroxylation sites is 1. The zero-order valence-electron chi connectivity index (χ0n) is 10.8. The van der Waals surface area contributed by atoms with E-state index in [-0.39, 0.29) is 0 Å². The van der Waals surface area contributed by atoms with Crippen LogP contribution in [-0.2, 0) is 0 Å². The highest BCUT2D eigenvalue weighted by Gasteiger charge is 2.14. The predicted octanol–water partition coefficient (Wildman–Crippen LogP) is 5.12. The number of carbonyl (C=O) groups excluding carboxylic acids is 1. The maximum Gasteiger partial charge on any atom is 0.256 e. The molecule has 0 bridgehead atoms. The van der Waals surface area contributed by atoms with Gasteiger partial charge in [-0.3, -0.25) is 9.78 Å². The average Bonchev–Trinajstić information content (AvgIpc) is 2.48. The molecular formula is C16H10BrClN2O. The first-order valence-electron chi connectivity index (χ1n) is 6.25. The molecule has 0 saturated heterocycles. The van der Waals surface area contributed by atoms with Gasteiger partial charge in [-0.2, -0.15) is 0 Å². The summed E-state index contributed by atoms with van der Waals surface area (Å²) in [5.41, 5.74) is 2.68. The van der Waals surface area contributed by atoms with Crippen molar-refractivity contribution in [3.8, 4) is 0 Å². The molecule has 3 rings (SSSR count). The summed E-state index contributed by atoms with van der Waals surface area (Å²) in [5, 5.41) is 3.55. The lowest BCUT2D eigenvalue weighted by atomic mass is 10.1. The molecule has 0 spiro atoms. The maximum atomic E-state index is 11.7. The highest BCUT2D eigenvalue weighted by atomic mass is 79.9. The van der Waals surface area contributed by atoms with Gasteiger partial charge in [0.15, 0.2) is 0 Å². The van der Waals surface area contributed by atoms with E-state index in [1.165, 1.54) is 6.20 Å². The van der Waals surface area contributed by atoms with Gasteiger partial charge in [-0.1, -0.05) is 34.1 Å². The summed E-state index contributed by atoms with van der Waals surface area (Å²) in [6, 6.07) is 15.3. The second-order valence-corrected chi connectivity index (χ2v) is 5.73. The second kappa shape index (κ2) is 5.84. The van der Waals surface area contributed by atoms with Crippen molar-refractivity contribution in [3.05, 3.63) is 64.8 Å². The molecule has 0 aliphatic rings. The van der Waals surface area contributed by atoms with Gasteiger partial charge in [-0.25, -0.2) is 0 Å². The van der Waals surface area contributed by atoms with Crippen molar-refractivity contribution in [1.29, 1.82) is 0 Å². The fraction of sp³-hybridized carbons (Fsp3) is 0. The van der Waals surface area contributed by atoms with Gasteiger partial charge in [0.25, 0.3) is 5.24 Å². The van der Waals surface area contributed by atoms with Crippen molar-refractivity contribution in [3.63, 3.8) is 0 Å². The third kappa shape index (κ3) is 2.91. The molecule has 5 heteroatoms. The number of aromatic nitrogens is 1. The Labute approximate surface area is 135 Å². The second-order valence-electron chi connectivity index (χ2n) is 4.47. The Morgan fingerprint density at radius 2 is 1.90 bits per heavy atom. The predicted molar refractivity (Wildman–Crippen MR) is 89.4 cm³/mol. The Bertz CT molecular complexity index is 821. The number of anilines is 2. The van der Waals surface area contributed by atoms with Crippen LogP contribution >= 0.6 is 27.5 Å². The number of fused-ring (bicyclic) bond motifs is 1. The molecule has 0 aliphatic heterocycles. The van der Waals surface area contributed by atoms with Crippen LogP contribution in [0.15, 0.2) is 59.2 Å². The number of nitrogens with one attached hydrogen (secondary N) is 1. The molecule has 0 amide bonds. The van der Waals surface area contributed by atoms with Crippen molar-refractivity contribution in [2.75, 3.05) is 5.32 Å². The normalized spacial score (nSPS) is 10.6. The number of halogens is 2. The molecule has 21 heavy (non-hydrogen) atoms. The van der Waals surface area contributed by atoms with Crippen molar-refractivity contribution >= 4 is 55.1 Å². The molecule has 1 N–H and O–H groups in total. The summed E-state index contributed by atoms with van der Waals surface area (Å²) >= 11 is 9.12. The van der Waals surface area contributed by atoms with E-state index < -0.39 is 5.24 Å². The minimum atomic E-state index is -0.539. The van der Waals surface area contributed by atoms with Crippen molar-refractivity contribution in [2.24, 2.45) is 0 Å². The fourth-order valence-corrected chi connectivity index (χ4v) is 2.62. The molecule has 0 saturated carbocycles. The van der Waals surface area contributed by atoms with E-state index in [2.05, 4.69) is 26.2 Å². The minimum Gasteiger partial charge on any atom is -0.354 e. The molecule has 2 aromatic carbocycles. The van der Waals surface area contributed by atoms with Gasteiger partial charge < -0.3 is 5.32 Å². The largest absolute Gasteiger partial charge is 0.354 e. The summed E-state index contributed by atoms with van der Waals surface area (Å²) in [6.45, 7) is 0. The van der Waals surface area contributed by atoms with E-state index in [9.17, 15) is 4.79 Å². The molecule has 1 aromatic heterocycles.